The number of benzene rings is 4. The van der Waals surface area contributed by atoms with Crippen LogP contribution in [0, 0.1) is 0 Å². The summed E-state index contributed by atoms with van der Waals surface area (Å²) in [5.41, 5.74) is 7.28. The van der Waals surface area contributed by atoms with E-state index in [1.807, 2.05) is 24.3 Å². The molecule has 0 aromatic heterocycles. The van der Waals surface area contributed by atoms with E-state index in [2.05, 4.69) is 62.6 Å². The minimum atomic E-state index is -0.224. The van der Waals surface area contributed by atoms with Crippen molar-refractivity contribution in [2.75, 3.05) is 110 Å². The maximum Gasteiger partial charge on any atom is 0.306 e. The van der Waals surface area contributed by atoms with Gasteiger partial charge in [-0.2, -0.15) is 0 Å². The third-order valence-electron chi connectivity index (χ3n) is 13.9. The van der Waals surface area contributed by atoms with Gasteiger partial charge in [0.1, 0.15) is 13.1 Å². The molecule has 0 unspecified atom stereocenters. The molecule has 14 nitrogen and oxygen atoms in total. The highest BCUT2D eigenvalue weighted by molar-refractivity contribution is 5.70. The summed E-state index contributed by atoms with van der Waals surface area (Å²) >= 11 is 0. The number of fused-ring (bicyclic) bond motifs is 2. The number of hydrogen-bond donors (Lipinski definition) is 0. The van der Waals surface area contributed by atoms with Crippen LogP contribution in [0.1, 0.15) is 83.7 Å². The average molecular weight is 969 g/mol. The minimum Gasteiger partial charge on any atom is -0.493 e. The monoisotopic (exact) mass is 969 g/mol. The molecule has 4 aromatic rings. The van der Waals surface area contributed by atoms with Crippen LogP contribution in [0.5, 0.6) is 46.0 Å². The predicted octanol–water partition coefficient (Wildman–Crippen LogP) is 9.01. The van der Waals surface area contributed by atoms with Crippen molar-refractivity contribution < 1.29 is 65.9 Å². The Hall–Kier alpha value is -6.12. The van der Waals surface area contributed by atoms with Gasteiger partial charge in [-0.25, -0.2) is 0 Å². The Morgan fingerprint density at radius 3 is 1.19 bits per heavy atom. The molecule has 6 rings (SSSR count). The van der Waals surface area contributed by atoms with Crippen LogP contribution in [0.15, 0.2) is 72.8 Å². The molecule has 70 heavy (non-hydrogen) atoms. The smallest absolute Gasteiger partial charge is 0.306 e. The molecule has 2 aliphatic heterocycles. The summed E-state index contributed by atoms with van der Waals surface area (Å²) in [4.78, 5) is 25.4. The number of methoxy groups -OCH3 is 8. The molecule has 4 atom stereocenters. The molecule has 0 saturated carbocycles. The second kappa shape index (κ2) is 25.1. The van der Waals surface area contributed by atoms with E-state index in [0.29, 0.717) is 60.6 Å². The number of quaternary nitrogens is 2. The first-order valence-corrected chi connectivity index (χ1v) is 24.4. The van der Waals surface area contributed by atoms with Crippen molar-refractivity contribution >= 4 is 11.9 Å². The summed E-state index contributed by atoms with van der Waals surface area (Å²) in [6, 6.07) is 20.7. The number of rotatable bonds is 26. The van der Waals surface area contributed by atoms with Crippen LogP contribution in [0.25, 0.3) is 0 Å². The maximum atomic E-state index is 12.7. The van der Waals surface area contributed by atoms with Crippen molar-refractivity contribution in [3.63, 3.8) is 0 Å². The normalized spacial score (nSPS) is 19.3. The molecule has 0 saturated heterocycles. The van der Waals surface area contributed by atoms with Gasteiger partial charge in [-0.05, 0) is 96.5 Å². The van der Waals surface area contributed by atoms with E-state index >= 15 is 0 Å². The van der Waals surface area contributed by atoms with Gasteiger partial charge < -0.3 is 56.3 Å². The zero-order valence-electron chi connectivity index (χ0n) is 43.2. The molecule has 0 spiro atoms. The largest absolute Gasteiger partial charge is 0.493 e. The first-order valence-electron chi connectivity index (χ1n) is 24.4. The van der Waals surface area contributed by atoms with Gasteiger partial charge in [0.15, 0.2) is 46.0 Å². The minimum absolute atomic E-state index is 0.213. The Morgan fingerprint density at radius 1 is 0.486 bits per heavy atom. The number of hydrogen-bond acceptors (Lipinski definition) is 12. The first kappa shape index (κ1) is 53.2. The average Bonchev–Trinajstić information content (AvgIpc) is 3.36. The Kier molecular flexibility index (Phi) is 19.1. The summed E-state index contributed by atoms with van der Waals surface area (Å²) < 4.78 is 57.9. The van der Waals surface area contributed by atoms with Gasteiger partial charge in [-0.3, -0.25) is 9.59 Å². The van der Waals surface area contributed by atoms with E-state index in [0.717, 1.165) is 96.5 Å². The molecule has 2 heterocycles. The van der Waals surface area contributed by atoms with Crippen LogP contribution in [-0.2, 0) is 45.0 Å². The van der Waals surface area contributed by atoms with E-state index in [4.69, 9.17) is 47.4 Å². The van der Waals surface area contributed by atoms with Crippen molar-refractivity contribution in [3.05, 3.63) is 106 Å². The number of esters is 2. The van der Waals surface area contributed by atoms with Gasteiger partial charge >= 0.3 is 11.9 Å². The topological polar surface area (TPSA) is 126 Å². The fraction of sp³-hybridized carbons (Fsp3) is 0.500. The molecule has 0 bridgehead atoms. The molecule has 0 radical (unpaired) electrons. The molecule has 0 N–H and O–H groups in total. The summed E-state index contributed by atoms with van der Waals surface area (Å²) in [6.07, 6.45) is 8.65. The molecule has 0 amide bonds. The summed E-state index contributed by atoms with van der Waals surface area (Å²) in [5.74, 6) is 5.67. The highest BCUT2D eigenvalue weighted by Crippen LogP contribution is 2.43. The molecular formula is C56H76N2O12+2. The number of allylic oxidation sites excluding steroid dienone is 2. The number of ether oxygens (including phenoxy) is 10. The second-order valence-corrected chi connectivity index (χ2v) is 19.1. The summed E-state index contributed by atoms with van der Waals surface area (Å²) in [5, 5.41) is 0. The van der Waals surface area contributed by atoms with Gasteiger partial charge in [0.2, 0.25) is 0 Å². The lowest BCUT2D eigenvalue weighted by Gasteiger charge is -2.43. The van der Waals surface area contributed by atoms with Crippen molar-refractivity contribution in [1.82, 2.24) is 0 Å². The van der Waals surface area contributed by atoms with Crippen LogP contribution < -0.4 is 37.9 Å². The highest BCUT2D eigenvalue weighted by atomic mass is 16.5. The third kappa shape index (κ3) is 13.8. The number of likely N-dealkylation sites (N-methyl/N-ethyl adjacent to an activating group) is 2. The maximum absolute atomic E-state index is 12.7. The van der Waals surface area contributed by atoms with Crippen LogP contribution in [0.2, 0.25) is 0 Å². The fourth-order valence-electron chi connectivity index (χ4n) is 10.4. The van der Waals surface area contributed by atoms with Crippen LogP contribution in [0.4, 0.5) is 0 Å². The Bertz CT molecular complexity index is 2260. The van der Waals surface area contributed by atoms with Crippen LogP contribution in [0.3, 0.4) is 0 Å². The molecular weight excluding hydrogens is 893 g/mol. The first-order chi connectivity index (χ1) is 33.8. The number of carbonyl (C=O) groups excluding carboxylic acids is 2. The van der Waals surface area contributed by atoms with Crippen molar-refractivity contribution in [3.8, 4) is 46.0 Å². The van der Waals surface area contributed by atoms with E-state index in [1.165, 1.54) is 22.3 Å². The van der Waals surface area contributed by atoms with E-state index < -0.39 is 0 Å². The number of carbonyl (C=O) groups is 2. The third-order valence-corrected chi connectivity index (χ3v) is 13.9. The highest BCUT2D eigenvalue weighted by Gasteiger charge is 2.38. The molecule has 2 aliphatic rings. The van der Waals surface area contributed by atoms with Gasteiger partial charge in [-0.15, -0.1) is 0 Å². The quantitative estimate of drug-likeness (QED) is 0.0258. The van der Waals surface area contributed by atoms with Gasteiger partial charge in [0.25, 0.3) is 0 Å². The van der Waals surface area contributed by atoms with Gasteiger partial charge in [0.05, 0.1) is 110 Å². The standard InChI is InChI=1S/C56H76N2O12/c1-57(35-41(27-39-19-21-47(61-3)49(29-39)63-5)45-33-53(67-9)51(65-7)31-43(45)37-57)23-15-25-69-55(59)17-13-11-12-14-18-56(60)70-26-16-24-58(2)36-42(28-40-20-22-48(62-4)50(30-40)64-6)46-34-54(68-10)52(66-8)32-44(46)38-58/h11-12,19-22,29-34,41-42H,13-18,23-28,35-38H2,1-10H3/q+2/b12-11+/t41-,42+,57+,58-. The van der Waals surface area contributed by atoms with E-state index in [1.54, 1.807) is 56.9 Å². The van der Waals surface area contributed by atoms with Crippen molar-refractivity contribution in [1.29, 1.82) is 0 Å². The van der Waals surface area contributed by atoms with Crippen molar-refractivity contribution in [2.45, 2.75) is 76.3 Å². The predicted molar refractivity (Wildman–Crippen MR) is 269 cm³/mol. The lowest BCUT2D eigenvalue weighted by atomic mass is 9.83. The van der Waals surface area contributed by atoms with Crippen LogP contribution in [-0.4, -0.2) is 131 Å². The number of nitrogens with zero attached hydrogens (tertiary/aromatic N) is 2. The lowest BCUT2D eigenvalue weighted by Crippen LogP contribution is -2.50. The second-order valence-electron chi connectivity index (χ2n) is 19.1. The Morgan fingerprint density at radius 2 is 0.829 bits per heavy atom. The SMILES string of the molecule is COc1ccc(C[C@@H]2C[N@+](C)(CCCOC(=O)CC/C=C/CCC(=O)OCCC[N@@+]3(C)Cc4cc(OC)c(OC)cc4[C@@H](Cc4ccc(OC)c(OC)c4)C3)Cc3cc(OC)c(OC)cc32)cc1OC. The Labute approximate surface area is 415 Å². The zero-order chi connectivity index (χ0) is 50.3. The molecule has 0 fully saturated rings. The van der Waals surface area contributed by atoms with E-state index in [-0.39, 0.29) is 36.6 Å². The summed E-state index contributed by atoms with van der Waals surface area (Å²) in [7, 11) is 17.8. The molecule has 14 heteroatoms. The van der Waals surface area contributed by atoms with Crippen molar-refractivity contribution in [2.24, 2.45) is 0 Å². The Balaban J connectivity index is 0.913. The van der Waals surface area contributed by atoms with Gasteiger partial charge in [0, 0.05) is 48.6 Å². The summed E-state index contributed by atoms with van der Waals surface area (Å²) in [6.45, 7) is 5.89. The zero-order valence-corrected chi connectivity index (χ0v) is 43.2. The lowest BCUT2D eigenvalue weighted by molar-refractivity contribution is -0.926. The van der Waals surface area contributed by atoms with Crippen LogP contribution >= 0.6 is 0 Å². The molecule has 4 aromatic carbocycles. The fourth-order valence-corrected chi connectivity index (χ4v) is 10.4. The molecule has 380 valence electrons. The van der Waals surface area contributed by atoms with Gasteiger partial charge in [-0.1, -0.05) is 24.3 Å². The molecule has 0 aliphatic carbocycles. The van der Waals surface area contributed by atoms with E-state index in [9.17, 15) is 9.59 Å².